The molecule has 0 spiro atoms. The lowest BCUT2D eigenvalue weighted by Crippen LogP contribution is -2.40. The average molecular weight is 262 g/mol. The molecule has 1 aromatic carbocycles. The zero-order chi connectivity index (χ0) is 13.5. The molecule has 0 aliphatic carbocycles. The molecule has 2 N–H and O–H groups in total. The molecule has 0 unspecified atom stereocenters. The Labute approximate surface area is 114 Å². The van der Waals surface area contributed by atoms with E-state index >= 15 is 0 Å². The highest BCUT2D eigenvalue weighted by Gasteiger charge is 2.19. The molecule has 1 aliphatic heterocycles. The van der Waals surface area contributed by atoms with E-state index in [2.05, 4.69) is 23.6 Å². The largest absolute Gasteiger partial charge is 0.493 e. The molecule has 104 valence electrons. The second-order valence-corrected chi connectivity index (χ2v) is 4.98. The van der Waals surface area contributed by atoms with Gasteiger partial charge in [-0.1, -0.05) is 31.5 Å². The molecule has 0 saturated carbocycles. The van der Waals surface area contributed by atoms with Gasteiger partial charge in [0, 0.05) is 19.0 Å². The highest BCUT2D eigenvalue weighted by Crippen LogP contribution is 2.26. The Hall–Kier alpha value is -1.71. The van der Waals surface area contributed by atoms with Gasteiger partial charge in [-0.05, 0) is 24.5 Å². The maximum Gasteiger partial charge on any atom is 0.314 e. The van der Waals surface area contributed by atoms with E-state index in [1.807, 2.05) is 18.2 Å². The Morgan fingerprint density at radius 1 is 1.37 bits per heavy atom. The lowest BCUT2D eigenvalue weighted by Gasteiger charge is -2.25. The number of hydrogen-bond acceptors (Lipinski definition) is 2. The van der Waals surface area contributed by atoms with Crippen molar-refractivity contribution in [3.05, 3.63) is 29.8 Å². The minimum absolute atomic E-state index is 0.0766. The molecule has 0 radical (unpaired) electrons. The maximum absolute atomic E-state index is 11.5. The minimum atomic E-state index is -0.0766. The van der Waals surface area contributed by atoms with Crippen molar-refractivity contribution in [2.75, 3.05) is 19.7 Å². The quantitative estimate of drug-likeness (QED) is 0.800. The summed E-state index contributed by atoms with van der Waals surface area (Å²) in [7, 11) is 0. The van der Waals surface area contributed by atoms with Crippen LogP contribution in [0.25, 0.3) is 0 Å². The van der Waals surface area contributed by atoms with Crippen molar-refractivity contribution in [1.29, 1.82) is 0 Å². The van der Waals surface area contributed by atoms with Gasteiger partial charge < -0.3 is 15.4 Å². The van der Waals surface area contributed by atoms with E-state index in [-0.39, 0.29) is 6.03 Å². The molecular formula is C15H22N2O2. The highest BCUT2D eigenvalue weighted by molar-refractivity contribution is 5.73. The standard InChI is InChI=1S/C15H22N2O2/c1-2-3-8-16-15(18)17-10-12-9-13-6-4-5-7-14(13)19-11-12/h4-7,12H,2-3,8-11H2,1H3,(H2,16,17,18)/t12-/m0/s1. The molecule has 4 heteroatoms. The molecular weight excluding hydrogens is 240 g/mol. The van der Waals surface area contributed by atoms with Gasteiger partial charge in [0.1, 0.15) is 5.75 Å². The zero-order valence-electron chi connectivity index (χ0n) is 11.4. The number of amides is 2. The summed E-state index contributed by atoms with van der Waals surface area (Å²) in [5.41, 5.74) is 1.23. The number of hydrogen-bond donors (Lipinski definition) is 2. The predicted octanol–water partition coefficient (Wildman–Crippen LogP) is 2.34. The van der Waals surface area contributed by atoms with Crippen molar-refractivity contribution in [2.45, 2.75) is 26.2 Å². The Morgan fingerprint density at radius 2 is 2.21 bits per heavy atom. The first-order chi connectivity index (χ1) is 9.29. The summed E-state index contributed by atoms with van der Waals surface area (Å²) in [6.45, 7) is 4.18. The number of benzene rings is 1. The van der Waals surface area contributed by atoms with E-state index in [0.717, 1.165) is 31.6 Å². The summed E-state index contributed by atoms with van der Waals surface area (Å²) >= 11 is 0. The molecule has 0 aromatic heterocycles. The summed E-state index contributed by atoms with van der Waals surface area (Å²) in [6, 6.07) is 8.01. The van der Waals surface area contributed by atoms with Gasteiger partial charge in [0.2, 0.25) is 0 Å². The van der Waals surface area contributed by atoms with Gasteiger partial charge in [0.25, 0.3) is 0 Å². The number of rotatable bonds is 5. The van der Waals surface area contributed by atoms with E-state index in [4.69, 9.17) is 4.74 Å². The third kappa shape index (κ3) is 4.16. The summed E-state index contributed by atoms with van der Waals surface area (Å²) in [5.74, 6) is 1.33. The normalized spacial score (nSPS) is 17.2. The van der Waals surface area contributed by atoms with Gasteiger partial charge in [-0.3, -0.25) is 0 Å². The highest BCUT2D eigenvalue weighted by atomic mass is 16.5. The van der Waals surface area contributed by atoms with Crippen LogP contribution in [0, 0.1) is 5.92 Å². The molecule has 1 heterocycles. The first-order valence-corrected chi connectivity index (χ1v) is 7.02. The fourth-order valence-corrected chi connectivity index (χ4v) is 2.20. The Morgan fingerprint density at radius 3 is 3.05 bits per heavy atom. The molecule has 19 heavy (non-hydrogen) atoms. The van der Waals surface area contributed by atoms with Gasteiger partial charge in [0.05, 0.1) is 6.61 Å². The number of carbonyl (C=O) groups excluding carboxylic acids is 1. The smallest absolute Gasteiger partial charge is 0.314 e. The number of urea groups is 1. The average Bonchev–Trinajstić information content (AvgIpc) is 2.45. The third-order valence-corrected chi connectivity index (χ3v) is 3.32. The van der Waals surface area contributed by atoms with Crippen LogP contribution in [0.5, 0.6) is 5.75 Å². The zero-order valence-corrected chi connectivity index (χ0v) is 11.4. The van der Waals surface area contributed by atoms with Crippen LogP contribution in [0.4, 0.5) is 4.79 Å². The van der Waals surface area contributed by atoms with Gasteiger partial charge in [-0.15, -0.1) is 0 Å². The van der Waals surface area contributed by atoms with Crippen LogP contribution in [0.15, 0.2) is 24.3 Å². The van der Waals surface area contributed by atoms with Crippen LogP contribution >= 0.6 is 0 Å². The molecule has 0 bridgehead atoms. The van der Waals surface area contributed by atoms with Crippen molar-refractivity contribution < 1.29 is 9.53 Å². The van der Waals surface area contributed by atoms with E-state index in [1.54, 1.807) is 0 Å². The van der Waals surface area contributed by atoms with Crippen molar-refractivity contribution in [3.8, 4) is 5.75 Å². The fraction of sp³-hybridized carbons (Fsp3) is 0.533. The Bertz CT molecular complexity index is 420. The molecule has 1 atom stereocenters. The van der Waals surface area contributed by atoms with Crippen molar-refractivity contribution in [3.63, 3.8) is 0 Å². The molecule has 0 fully saturated rings. The number of carbonyl (C=O) groups is 1. The summed E-state index contributed by atoms with van der Waals surface area (Å²) < 4.78 is 5.70. The van der Waals surface area contributed by atoms with Crippen LogP contribution in [0.3, 0.4) is 0 Å². The second-order valence-electron chi connectivity index (χ2n) is 4.98. The van der Waals surface area contributed by atoms with E-state index in [0.29, 0.717) is 19.1 Å². The van der Waals surface area contributed by atoms with Crippen molar-refractivity contribution in [2.24, 2.45) is 5.92 Å². The molecule has 0 saturated heterocycles. The lowest BCUT2D eigenvalue weighted by molar-refractivity contribution is 0.211. The number of para-hydroxylation sites is 1. The maximum atomic E-state index is 11.5. The third-order valence-electron chi connectivity index (χ3n) is 3.32. The Kier molecular flexibility index (Phi) is 5.07. The predicted molar refractivity (Wildman–Crippen MR) is 75.4 cm³/mol. The minimum Gasteiger partial charge on any atom is -0.493 e. The van der Waals surface area contributed by atoms with Crippen LogP contribution in [-0.2, 0) is 6.42 Å². The van der Waals surface area contributed by atoms with Crippen molar-refractivity contribution >= 4 is 6.03 Å². The number of fused-ring (bicyclic) bond motifs is 1. The number of unbranched alkanes of at least 4 members (excludes halogenated alkanes) is 1. The van der Waals surface area contributed by atoms with Crippen LogP contribution < -0.4 is 15.4 Å². The molecule has 1 aromatic rings. The van der Waals surface area contributed by atoms with Crippen molar-refractivity contribution in [1.82, 2.24) is 10.6 Å². The van der Waals surface area contributed by atoms with E-state index < -0.39 is 0 Å². The molecule has 4 nitrogen and oxygen atoms in total. The first kappa shape index (κ1) is 13.7. The van der Waals surface area contributed by atoms with Gasteiger partial charge in [-0.2, -0.15) is 0 Å². The summed E-state index contributed by atoms with van der Waals surface area (Å²) in [4.78, 5) is 11.5. The van der Waals surface area contributed by atoms with E-state index in [1.165, 1.54) is 5.56 Å². The lowest BCUT2D eigenvalue weighted by atomic mass is 9.97. The molecule has 2 rings (SSSR count). The van der Waals surface area contributed by atoms with Gasteiger partial charge in [-0.25, -0.2) is 4.79 Å². The topological polar surface area (TPSA) is 50.4 Å². The fourth-order valence-electron chi connectivity index (χ4n) is 2.20. The molecule has 1 aliphatic rings. The van der Waals surface area contributed by atoms with Gasteiger partial charge >= 0.3 is 6.03 Å². The monoisotopic (exact) mass is 262 g/mol. The van der Waals surface area contributed by atoms with E-state index in [9.17, 15) is 4.79 Å². The first-order valence-electron chi connectivity index (χ1n) is 7.02. The van der Waals surface area contributed by atoms with Crippen LogP contribution in [-0.4, -0.2) is 25.7 Å². The number of ether oxygens (including phenoxy) is 1. The van der Waals surface area contributed by atoms with Crippen LogP contribution in [0.1, 0.15) is 25.3 Å². The second kappa shape index (κ2) is 7.02. The summed E-state index contributed by atoms with van der Waals surface area (Å²) in [6.07, 6.45) is 3.08. The summed E-state index contributed by atoms with van der Waals surface area (Å²) in [5, 5.41) is 5.76. The van der Waals surface area contributed by atoms with Gasteiger partial charge in [0.15, 0.2) is 0 Å². The Balaban J connectivity index is 1.72. The number of nitrogens with one attached hydrogen (secondary N) is 2. The molecule has 2 amide bonds. The SMILES string of the molecule is CCCCNC(=O)NC[C@H]1COc2ccccc2C1. The van der Waals surface area contributed by atoms with Crippen LogP contribution in [0.2, 0.25) is 0 Å².